The summed E-state index contributed by atoms with van der Waals surface area (Å²) in [4.78, 5) is 26.2. The number of pyridine rings is 1. The molecule has 1 amide bonds. The van der Waals surface area contributed by atoms with Gasteiger partial charge in [-0.05, 0) is 37.0 Å². The summed E-state index contributed by atoms with van der Waals surface area (Å²) in [5.74, 6) is -0.0324. The second-order valence-electron chi connectivity index (χ2n) is 8.52. The minimum absolute atomic E-state index is 0.0358. The fraction of sp³-hybridized carbons (Fsp3) is 0.545. The number of aromatic nitrogens is 1. The Bertz CT molecular complexity index is 1150. The number of aryl methyl sites for hydroxylation is 1. The van der Waals surface area contributed by atoms with Crippen LogP contribution in [-0.2, 0) is 21.8 Å². The molecule has 0 bridgehead atoms. The Morgan fingerprint density at radius 1 is 1.16 bits per heavy atom. The first-order valence-corrected chi connectivity index (χ1v) is 12.2. The summed E-state index contributed by atoms with van der Waals surface area (Å²) in [5, 5.41) is 3.24. The van der Waals surface area contributed by atoms with Gasteiger partial charge >= 0.3 is 0 Å². The predicted octanol–water partition coefficient (Wildman–Crippen LogP) is 1.87. The maximum absolute atomic E-state index is 13.2. The van der Waals surface area contributed by atoms with Crippen molar-refractivity contribution in [1.29, 1.82) is 0 Å². The zero-order valence-corrected chi connectivity index (χ0v) is 18.8. The minimum Gasteiger partial charge on any atom is -0.379 e. The smallest absolute Gasteiger partial charge is 0.256 e. The molecule has 1 aliphatic heterocycles. The number of carbonyl (C=O) groups excluding carboxylic acids is 1. The number of ether oxygens (including phenoxy) is 1. The van der Waals surface area contributed by atoms with E-state index in [1.807, 2.05) is 0 Å². The van der Waals surface area contributed by atoms with Crippen LogP contribution < -0.4 is 10.7 Å². The van der Waals surface area contributed by atoms with Gasteiger partial charge in [0.1, 0.15) is 5.56 Å². The first-order valence-electron chi connectivity index (χ1n) is 10.8. The third-order valence-corrected chi connectivity index (χ3v) is 8.34. The molecule has 31 heavy (non-hydrogen) atoms. The molecule has 4 rings (SSSR count). The average Bonchev–Trinajstić information content (AvgIpc) is 2.78. The van der Waals surface area contributed by atoms with E-state index >= 15 is 0 Å². The van der Waals surface area contributed by atoms with Crippen LogP contribution in [0, 0.1) is 5.92 Å². The van der Waals surface area contributed by atoms with E-state index in [0.717, 1.165) is 25.7 Å². The zero-order valence-electron chi connectivity index (χ0n) is 18.0. The fourth-order valence-electron chi connectivity index (χ4n) is 4.51. The molecule has 0 spiro atoms. The number of hydrogen-bond donors (Lipinski definition) is 1. The molecule has 1 aromatic heterocycles. The Labute approximate surface area is 182 Å². The number of hydrogen-bond acceptors (Lipinski definition) is 5. The molecular weight excluding hydrogens is 418 g/mol. The van der Waals surface area contributed by atoms with Crippen LogP contribution in [-0.4, -0.2) is 55.5 Å². The lowest BCUT2D eigenvalue weighted by atomic mass is 9.86. The lowest BCUT2D eigenvalue weighted by Gasteiger charge is -2.29. The van der Waals surface area contributed by atoms with Gasteiger partial charge in [0.25, 0.3) is 5.91 Å². The van der Waals surface area contributed by atoms with Crippen LogP contribution in [0.5, 0.6) is 0 Å². The van der Waals surface area contributed by atoms with Crippen LogP contribution in [0.4, 0.5) is 0 Å². The number of benzene rings is 1. The SMILES string of the molecule is C[C@H]1CCCC[C@@H]1NC(=O)c1cn(C)c2ccc(S(=O)(=O)N3CCOCC3)cc2c1=O. The summed E-state index contributed by atoms with van der Waals surface area (Å²) >= 11 is 0. The normalized spacial score (nSPS) is 23.0. The Hall–Kier alpha value is -2.23. The largest absolute Gasteiger partial charge is 0.379 e. The van der Waals surface area contributed by atoms with Crippen molar-refractivity contribution in [3.05, 3.63) is 40.2 Å². The van der Waals surface area contributed by atoms with Crippen molar-refractivity contribution >= 4 is 26.8 Å². The van der Waals surface area contributed by atoms with E-state index < -0.39 is 21.4 Å². The molecule has 2 fully saturated rings. The van der Waals surface area contributed by atoms with Crippen LogP contribution in [0.1, 0.15) is 43.0 Å². The number of nitrogens with zero attached hydrogens (tertiary/aromatic N) is 2. The monoisotopic (exact) mass is 447 g/mol. The predicted molar refractivity (Wildman–Crippen MR) is 118 cm³/mol. The van der Waals surface area contributed by atoms with Gasteiger partial charge in [-0.1, -0.05) is 19.8 Å². The number of carbonyl (C=O) groups is 1. The molecule has 1 saturated heterocycles. The lowest BCUT2D eigenvalue weighted by molar-refractivity contribution is 0.0730. The second-order valence-corrected chi connectivity index (χ2v) is 10.5. The van der Waals surface area contributed by atoms with Gasteiger partial charge in [0, 0.05) is 37.8 Å². The van der Waals surface area contributed by atoms with E-state index in [9.17, 15) is 18.0 Å². The third kappa shape index (κ3) is 4.26. The molecule has 9 heteroatoms. The number of fused-ring (bicyclic) bond motifs is 1. The molecule has 8 nitrogen and oxygen atoms in total. The Kier molecular flexibility index (Phi) is 6.18. The topological polar surface area (TPSA) is 97.7 Å². The first-order chi connectivity index (χ1) is 14.8. The third-order valence-electron chi connectivity index (χ3n) is 6.44. The lowest BCUT2D eigenvalue weighted by Crippen LogP contribution is -2.42. The standard InChI is InChI=1S/C22H29N3O5S/c1-15-5-3-4-6-19(15)23-22(27)18-14-24(2)20-8-7-16(13-17(20)21(18)26)31(28,29)25-9-11-30-12-10-25/h7-8,13-15,19H,3-6,9-12H2,1-2H3,(H,23,27)/t15-,19-/m0/s1. The van der Waals surface area contributed by atoms with E-state index in [0.29, 0.717) is 24.6 Å². The van der Waals surface area contributed by atoms with Crippen molar-refractivity contribution in [2.24, 2.45) is 13.0 Å². The quantitative estimate of drug-likeness (QED) is 0.772. The van der Waals surface area contributed by atoms with Gasteiger partial charge in [-0.15, -0.1) is 0 Å². The number of nitrogens with one attached hydrogen (secondary N) is 1. The van der Waals surface area contributed by atoms with Gasteiger partial charge in [0.15, 0.2) is 0 Å². The number of rotatable bonds is 4. The molecule has 1 saturated carbocycles. The zero-order chi connectivity index (χ0) is 22.2. The van der Waals surface area contributed by atoms with E-state index in [1.165, 1.54) is 22.6 Å². The van der Waals surface area contributed by atoms with Crippen LogP contribution in [0.25, 0.3) is 10.9 Å². The Morgan fingerprint density at radius 2 is 1.87 bits per heavy atom. The van der Waals surface area contributed by atoms with Gasteiger partial charge in [0.2, 0.25) is 15.5 Å². The van der Waals surface area contributed by atoms with Crippen molar-refractivity contribution in [3.63, 3.8) is 0 Å². The number of amides is 1. The van der Waals surface area contributed by atoms with Crippen molar-refractivity contribution in [1.82, 2.24) is 14.2 Å². The van der Waals surface area contributed by atoms with Crippen LogP contribution in [0.15, 0.2) is 34.1 Å². The van der Waals surface area contributed by atoms with E-state index in [1.54, 1.807) is 17.7 Å². The summed E-state index contributed by atoms with van der Waals surface area (Å²) in [6.45, 7) is 3.36. The van der Waals surface area contributed by atoms with Crippen LogP contribution >= 0.6 is 0 Å². The highest BCUT2D eigenvalue weighted by atomic mass is 32.2. The molecule has 0 unspecified atom stereocenters. The Balaban J connectivity index is 1.71. The first kappa shape index (κ1) is 22.0. The van der Waals surface area contributed by atoms with E-state index in [-0.39, 0.29) is 35.0 Å². The van der Waals surface area contributed by atoms with Crippen molar-refractivity contribution < 1.29 is 17.9 Å². The summed E-state index contributed by atoms with van der Waals surface area (Å²) in [6.07, 6.45) is 5.72. The summed E-state index contributed by atoms with van der Waals surface area (Å²) < 4.78 is 34.4. The van der Waals surface area contributed by atoms with E-state index in [4.69, 9.17) is 4.74 Å². The molecule has 1 N–H and O–H groups in total. The van der Waals surface area contributed by atoms with Gasteiger partial charge in [-0.2, -0.15) is 4.31 Å². The molecule has 1 aromatic carbocycles. The van der Waals surface area contributed by atoms with Crippen molar-refractivity contribution in [2.75, 3.05) is 26.3 Å². The minimum atomic E-state index is -3.74. The number of sulfonamides is 1. The summed E-state index contributed by atoms with van der Waals surface area (Å²) in [6, 6.07) is 4.57. The molecule has 2 heterocycles. The second kappa shape index (κ2) is 8.72. The maximum Gasteiger partial charge on any atom is 0.256 e. The molecular formula is C22H29N3O5S. The highest BCUT2D eigenvalue weighted by Crippen LogP contribution is 2.24. The van der Waals surface area contributed by atoms with E-state index in [2.05, 4.69) is 12.2 Å². The van der Waals surface area contributed by atoms with Gasteiger partial charge < -0.3 is 14.6 Å². The van der Waals surface area contributed by atoms with Crippen LogP contribution in [0.2, 0.25) is 0 Å². The summed E-state index contributed by atoms with van der Waals surface area (Å²) in [7, 11) is -1.99. The molecule has 0 radical (unpaired) electrons. The fourth-order valence-corrected chi connectivity index (χ4v) is 5.94. The average molecular weight is 448 g/mol. The molecule has 168 valence electrons. The van der Waals surface area contributed by atoms with Gasteiger partial charge in [-0.3, -0.25) is 9.59 Å². The van der Waals surface area contributed by atoms with Crippen molar-refractivity contribution in [3.8, 4) is 0 Å². The molecule has 2 aromatic rings. The maximum atomic E-state index is 13.2. The van der Waals surface area contributed by atoms with Crippen LogP contribution in [0.3, 0.4) is 0 Å². The molecule has 1 aliphatic carbocycles. The molecule has 2 aliphatic rings. The highest BCUT2D eigenvalue weighted by molar-refractivity contribution is 7.89. The van der Waals surface area contributed by atoms with Crippen molar-refractivity contribution in [2.45, 2.75) is 43.5 Å². The Morgan fingerprint density at radius 3 is 2.58 bits per heavy atom. The number of morpholine rings is 1. The summed E-state index contributed by atoms with van der Waals surface area (Å²) in [5.41, 5.74) is 0.162. The van der Waals surface area contributed by atoms with Gasteiger partial charge in [-0.25, -0.2) is 8.42 Å². The molecule has 2 atom stereocenters. The highest BCUT2D eigenvalue weighted by Gasteiger charge is 2.28. The van der Waals surface area contributed by atoms with Gasteiger partial charge in [0.05, 0.1) is 23.6 Å².